The lowest BCUT2D eigenvalue weighted by atomic mass is 10.1. The topological polar surface area (TPSA) is 72.8 Å². The van der Waals surface area contributed by atoms with Gasteiger partial charge in [-0.2, -0.15) is 0 Å². The van der Waals surface area contributed by atoms with E-state index in [0.29, 0.717) is 0 Å². The van der Waals surface area contributed by atoms with E-state index in [0.717, 1.165) is 29.4 Å². The number of hydrogen-bond acceptors (Lipinski definition) is 5. The van der Waals surface area contributed by atoms with Gasteiger partial charge in [-0.1, -0.05) is 76.3 Å². The molecule has 2 aromatic rings. The fourth-order valence-corrected chi connectivity index (χ4v) is 4.36. The van der Waals surface area contributed by atoms with Crippen molar-refractivity contribution < 1.29 is 0 Å². The van der Waals surface area contributed by atoms with Crippen molar-refractivity contribution in [3.8, 4) is 0 Å². The van der Waals surface area contributed by atoms with Crippen molar-refractivity contribution in [3.05, 3.63) is 35.8 Å². The van der Waals surface area contributed by atoms with Crippen molar-refractivity contribution in [2.45, 2.75) is 88.0 Å². The van der Waals surface area contributed by atoms with Gasteiger partial charge in [0.15, 0.2) is 0 Å². The summed E-state index contributed by atoms with van der Waals surface area (Å²) in [6.45, 7) is 4.51. The predicted molar refractivity (Wildman–Crippen MR) is 117 cm³/mol. The number of anilines is 2. The van der Waals surface area contributed by atoms with Crippen molar-refractivity contribution in [2.24, 2.45) is 0 Å². The van der Waals surface area contributed by atoms with E-state index in [2.05, 4.69) is 43.4 Å². The third kappa shape index (κ3) is 5.94. The van der Waals surface area contributed by atoms with E-state index in [1.807, 2.05) is 0 Å². The lowest BCUT2D eigenvalue weighted by molar-refractivity contribution is 0.635. The molecule has 1 aromatic heterocycles. The second kappa shape index (κ2) is 11.3. The maximum atomic E-state index is 4.97. The van der Waals surface area contributed by atoms with E-state index in [-0.39, 0.29) is 6.15 Å². The third-order valence-corrected chi connectivity index (χ3v) is 5.94. The number of aromatic nitrogens is 2. The Morgan fingerprint density at radius 1 is 0.852 bits per heavy atom. The molecule has 1 aromatic carbocycles. The van der Waals surface area contributed by atoms with E-state index in [1.54, 1.807) is 11.8 Å². The summed E-state index contributed by atoms with van der Waals surface area (Å²) in [6.07, 6.45) is 12.1. The van der Waals surface area contributed by atoms with Gasteiger partial charge in [0.25, 0.3) is 0 Å². The molecule has 148 valence electrons. The van der Waals surface area contributed by atoms with Crippen LogP contribution in [0.2, 0.25) is 0 Å². The zero-order valence-electron chi connectivity index (χ0n) is 16.9. The van der Waals surface area contributed by atoms with Crippen molar-refractivity contribution in [2.75, 3.05) is 5.32 Å². The summed E-state index contributed by atoms with van der Waals surface area (Å²) in [5.41, 5.74) is 3.53. The number of para-hydroxylation sites is 1. The van der Waals surface area contributed by atoms with Crippen LogP contribution in [0.3, 0.4) is 0 Å². The molecule has 0 amide bonds. The largest absolute Gasteiger partial charge is 0.351 e. The Balaban J connectivity index is 0.00000261. The van der Waals surface area contributed by atoms with Crippen molar-refractivity contribution in [1.29, 1.82) is 0 Å². The van der Waals surface area contributed by atoms with Crippen molar-refractivity contribution in [3.63, 3.8) is 0 Å². The maximum Gasteiger partial charge on any atom is 0.130 e. The van der Waals surface area contributed by atoms with E-state index in [4.69, 9.17) is 9.97 Å². The molecule has 1 aliphatic rings. The fraction of sp³-hybridized carbons (Fsp3) is 0.545. The third-order valence-electron chi connectivity index (χ3n) is 4.87. The summed E-state index contributed by atoms with van der Waals surface area (Å²) >= 11 is 1.78. The van der Waals surface area contributed by atoms with E-state index < -0.39 is 0 Å². The molecule has 0 atom stereocenters. The molecule has 0 radical (unpaired) electrons. The molecule has 5 heteroatoms. The first kappa shape index (κ1) is 21.7. The van der Waals surface area contributed by atoms with Crippen LogP contribution in [0.25, 0.3) is 0 Å². The monoisotopic (exact) mass is 386 g/mol. The fourth-order valence-electron chi connectivity index (χ4n) is 3.35. The van der Waals surface area contributed by atoms with E-state index in [1.165, 1.54) is 67.6 Å². The van der Waals surface area contributed by atoms with Crippen LogP contribution in [-0.2, 0) is 12.8 Å². The summed E-state index contributed by atoms with van der Waals surface area (Å²) in [6, 6.07) is 8.49. The Hall–Kier alpha value is -1.59. The Morgan fingerprint density at radius 3 is 2.30 bits per heavy atom. The highest BCUT2D eigenvalue weighted by Crippen LogP contribution is 2.44. The second-order valence-electron chi connectivity index (χ2n) is 7.11. The van der Waals surface area contributed by atoms with Gasteiger partial charge in [-0.25, -0.2) is 9.97 Å². The van der Waals surface area contributed by atoms with Gasteiger partial charge in [-0.05, 0) is 31.4 Å². The number of benzene rings is 1. The summed E-state index contributed by atoms with van der Waals surface area (Å²) < 4.78 is 0. The number of fused-ring (bicyclic) bond motifs is 2. The van der Waals surface area contributed by atoms with E-state index >= 15 is 0 Å². The summed E-state index contributed by atoms with van der Waals surface area (Å²) in [5, 5.41) is 4.71. The lowest BCUT2D eigenvalue weighted by Gasteiger charge is -2.22. The summed E-state index contributed by atoms with van der Waals surface area (Å²) in [7, 11) is 0. The minimum absolute atomic E-state index is 0. The molecule has 2 heterocycles. The SMILES string of the molecule is CCCCCCc1nc(CCCCCC)c2c(n1)Sc1ccccc1N2.N. The predicted octanol–water partition coefficient (Wildman–Crippen LogP) is 7.09. The van der Waals surface area contributed by atoms with Gasteiger partial charge < -0.3 is 11.5 Å². The Bertz CT molecular complexity index is 717. The van der Waals surface area contributed by atoms with Gasteiger partial charge in [-0.15, -0.1) is 0 Å². The highest BCUT2D eigenvalue weighted by molar-refractivity contribution is 7.99. The van der Waals surface area contributed by atoms with Crippen LogP contribution in [0.5, 0.6) is 0 Å². The van der Waals surface area contributed by atoms with E-state index in [9.17, 15) is 0 Å². The number of nitrogens with zero attached hydrogens (tertiary/aromatic N) is 2. The van der Waals surface area contributed by atoms with Crippen molar-refractivity contribution >= 4 is 23.1 Å². The Labute approximate surface area is 168 Å². The average Bonchev–Trinajstić information content (AvgIpc) is 2.67. The molecule has 4 N–H and O–H groups in total. The van der Waals surface area contributed by atoms with Gasteiger partial charge >= 0.3 is 0 Å². The summed E-state index contributed by atoms with van der Waals surface area (Å²) in [4.78, 5) is 11.1. The Kier molecular flexibility index (Phi) is 9.08. The van der Waals surface area contributed by atoms with Crippen LogP contribution in [0.1, 0.15) is 76.7 Å². The minimum Gasteiger partial charge on any atom is -0.351 e. The first-order valence-corrected chi connectivity index (χ1v) is 11.1. The molecule has 0 unspecified atom stereocenters. The highest BCUT2D eigenvalue weighted by atomic mass is 32.2. The molecule has 0 aliphatic carbocycles. The summed E-state index contributed by atoms with van der Waals surface area (Å²) in [5.74, 6) is 1.03. The van der Waals surface area contributed by atoms with Crippen LogP contribution in [-0.4, -0.2) is 9.97 Å². The normalized spacial score (nSPS) is 11.9. The van der Waals surface area contributed by atoms with Gasteiger partial charge in [0.1, 0.15) is 10.9 Å². The molecular weight excluding hydrogens is 352 g/mol. The average molecular weight is 387 g/mol. The first-order chi connectivity index (χ1) is 12.8. The van der Waals surface area contributed by atoms with Gasteiger partial charge in [0.05, 0.1) is 17.1 Å². The quantitative estimate of drug-likeness (QED) is 0.287. The second-order valence-corrected chi connectivity index (χ2v) is 8.14. The zero-order chi connectivity index (χ0) is 18.2. The van der Waals surface area contributed by atoms with Crippen molar-refractivity contribution in [1.82, 2.24) is 16.1 Å². The molecule has 0 saturated heterocycles. The van der Waals surface area contributed by atoms with Crippen LogP contribution in [0.15, 0.2) is 34.2 Å². The molecule has 3 rings (SSSR count). The number of aryl methyl sites for hydroxylation is 2. The highest BCUT2D eigenvalue weighted by Gasteiger charge is 2.21. The molecule has 27 heavy (non-hydrogen) atoms. The van der Waals surface area contributed by atoms with Gasteiger partial charge in [-0.3, -0.25) is 0 Å². The zero-order valence-corrected chi connectivity index (χ0v) is 17.7. The molecule has 0 bridgehead atoms. The standard InChI is InChI=1S/C22H31N3S.H3N/c1-3-5-7-9-14-18-21-22(25-20(23-18)16-10-8-6-4-2)26-19-15-12-11-13-17(19)24-21;/h11-13,15,24H,3-10,14,16H2,1-2H3;1H3. The molecule has 0 fully saturated rings. The van der Waals surface area contributed by atoms with Gasteiger partial charge in [0.2, 0.25) is 0 Å². The molecule has 0 spiro atoms. The number of nitrogens with one attached hydrogen (secondary N) is 1. The first-order valence-electron chi connectivity index (χ1n) is 10.3. The number of hydrogen-bond donors (Lipinski definition) is 2. The van der Waals surface area contributed by atoms with Crippen LogP contribution >= 0.6 is 11.8 Å². The number of rotatable bonds is 10. The smallest absolute Gasteiger partial charge is 0.130 e. The molecular formula is C22H34N4S. The molecule has 0 saturated carbocycles. The molecule has 1 aliphatic heterocycles. The molecule has 4 nitrogen and oxygen atoms in total. The Morgan fingerprint density at radius 2 is 1.56 bits per heavy atom. The minimum atomic E-state index is 0. The number of unbranched alkanes of at least 4 members (excludes halogenated alkanes) is 6. The lowest BCUT2D eigenvalue weighted by Crippen LogP contribution is -2.10. The maximum absolute atomic E-state index is 4.97. The van der Waals surface area contributed by atoms with Crippen LogP contribution in [0.4, 0.5) is 11.4 Å². The van der Waals surface area contributed by atoms with Crippen LogP contribution < -0.4 is 11.5 Å². The van der Waals surface area contributed by atoms with Crippen LogP contribution in [0, 0.1) is 0 Å². The van der Waals surface area contributed by atoms with Gasteiger partial charge in [0, 0.05) is 11.3 Å².